The number of fused-ring (bicyclic) bond motifs is 2. The molecule has 13 heteroatoms. The quantitative estimate of drug-likeness (QED) is 0.0853. The Morgan fingerprint density at radius 1 is 0.630 bits per heavy atom. The van der Waals surface area contributed by atoms with Crippen LogP contribution in [0.1, 0.15) is 102 Å². The topological polar surface area (TPSA) is 163 Å². The number of Topliss-reactive ketones (excluding diaryl/α,β-unsaturated/α-hetero) is 2. The van der Waals surface area contributed by atoms with E-state index in [-0.39, 0.29) is 43.3 Å². The van der Waals surface area contributed by atoms with E-state index in [4.69, 9.17) is 9.84 Å². The summed E-state index contributed by atoms with van der Waals surface area (Å²) in [7, 11) is 0. The van der Waals surface area contributed by atoms with Crippen LogP contribution < -0.4 is 21.3 Å². The molecular weight excluding hydrogens is 927 g/mol. The average molecular weight is 991 g/mol. The van der Waals surface area contributed by atoms with E-state index in [9.17, 15) is 32.8 Å². The number of nitrogens with one attached hydrogen (secondary N) is 4. The zero-order chi connectivity index (χ0) is 52.7. The number of halogens is 2. The molecule has 3 aliphatic rings. The third-order valence-electron chi connectivity index (χ3n) is 12.7. The molecule has 4 amide bonds. The molecule has 9 rings (SSSR count). The Kier molecular flexibility index (Phi) is 18.7. The molecule has 0 aromatic heterocycles. The van der Waals surface area contributed by atoms with Gasteiger partial charge in [0.05, 0.1) is 12.5 Å². The number of aryl methyl sites for hydroxylation is 4. The fourth-order valence-electron chi connectivity index (χ4n) is 8.87. The Balaban J connectivity index is 0.000000207. The lowest BCUT2D eigenvalue weighted by Gasteiger charge is -2.29. The Morgan fingerprint density at radius 2 is 1.05 bits per heavy atom. The van der Waals surface area contributed by atoms with Crippen LogP contribution in [0.15, 0.2) is 146 Å². The van der Waals surface area contributed by atoms with Gasteiger partial charge in [-0.05, 0) is 152 Å². The number of anilines is 4. The first-order valence-electron chi connectivity index (χ1n) is 24.7. The number of alkyl halides is 2. The number of rotatable bonds is 10. The highest BCUT2D eigenvalue weighted by atomic mass is 19.1. The van der Waals surface area contributed by atoms with E-state index in [0.717, 1.165) is 51.2 Å². The molecule has 0 spiro atoms. The van der Waals surface area contributed by atoms with Crippen LogP contribution in [0, 0.1) is 13.8 Å². The van der Waals surface area contributed by atoms with Gasteiger partial charge < -0.3 is 31.1 Å². The minimum Gasteiger partial charge on any atom is -0.481 e. The zero-order valence-corrected chi connectivity index (χ0v) is 42.1. The molecule has 2 aliphatic carbocycles. The number of ether oxygens (including phenoxy) is 1. The van der Waals surface area contributed by atoms with Crippen LogP contribution in [-0.4, -0.2) is 58.8 Å². The summed E-state index contributed by atoms with van der Waals surface area (Å²) in [6.45, 7) is 14.6. The van der Waals surface area contributed by atoms with Crippen LogP contribution in [-0.2, 0) is 22.4 Å². The monoisotopic (exact) mass is 990 g/mol. The first kappa shape index (κ1) is 54.6. The molecule has 0 bridgehead atoms. The Labute approximate surface area is 426 Å². The lowest BCUT2D eigenvalue weighted by Crippen LogP contribution is -2.40. The molecule has 1 fully saturated rings. The first-order valence-corrected chi connectivity index (χ1v) is 24.7. The average Bonchev–Trinajstić information content (AvgIpc) is 3.86. The number of benzene rings is 6. The maximum atomic E-state index is 14.9. The van der Waals surface area contributed by atoms with Gasteiger partial charge in [0.1, 0.15) is 0 Å². The van der Waals surface area contributed by atoms with Gasteiger partial charge in [-0.25, -0.2) is 18.4 Å². The largest absolute Gasteiger partial charge is 0.481 e. The molecule has 3 atom stereocenters. The lowest BCUT2D eigenvalue weighted by molar-refractivity contribution is -0.139. The highest BCUT2D eigenvalue weighted by Crippen LogP contribution is 2.38. The number of carbonyl (C=O) groups excluding carboxylic acids is 4. The van der Waals surface area contributed by atoms with E-state index in [1.165, 1.54) is 18.9 Å². The van der Waals surface area contributed by atoms with Gasteiger partial charge in [-0.1, -0.05) is 105 Å². The van der Waals surface area contributed by atoms with Crippen molar-refractivity contribution >= 4 is 52.3 Å². The number of ketones is 2. The first-order chi connectivity index (χ1) is 35.0. The van der Waals surface area contributed by atoms with Crippen molar-refractivity contribution in [2.45, 2.75) is 103 Å². The molecule has 1 aliphatic heterocycles. The molecule has 1 heterocycles. The van der Waals surface area contributed by atoms with Crippen LogP contribution >= 0.6 is 0 Å². The molecule has 0 saturated carbocycles. The second-order valence-corrected chi connectivity index (χ2v) is 18.3. The van der Waals surface area contributed by atoms with Crippen LogP contribution in [0.2, 0.25) is 0 Å². The number of hydrogen-bond donors (Lipinski definition) is 5. The van der Waals surface area contributed by atoms with E-state index in [1.807, 2.05) is 131 Å². The van der Waals surface area contributed by atoms with Crippen LogP contribution in [0.3, 0.4) is 0 Å². The lowest BCUT2D eigenvalue weighted by atomic mass is 9.78. The summed E-state index contributed by atoms with van der Waals surface area (Å²) in [6, 6.07) is 39.7. The summed E-state index contributed by atoms with van der Waals surface area (Å²) >= 11 is 0. The number of allylic oxidation sites excluding steroid dienone is 1. The predicted octanol–water partition coefficient (Wildman–Crippen LogP) is 14.5. The number of carbonyl (C=O) groups is 5. The van der Waals surface area contributed by atoms with Crippen molar-refractivity contribution in [2.24, 2.45) is 0 Å². The van der Waals surface area contributed by atoms with Gasteiger partial charge in [0.25, 0.3) is 0 Å². The van der Waals surface area contributed by atoms with E-state index >= 15 is 0 Å². The summed E-state index contributed by atoms with van der Waals surface area (Å²) in [6.07, 6.45) is 4.59. The SMILES string of the molecule is C=CCC1(F)CCc2cc(-c3ccc(NC(=O)Nc4cccc(C)c4)cc3)ccc2C1=O.CC.CC1CCCO1.Cc1cccc(NC(=O)Nc2ccc(-c3ccc4c(c3)CCC(F)(CC(=O)O)C4=O)cc2)c1. The van der Waals surface area contributed by atoms with Gasteiger partial charge in [0.15, 0.2) is 11.3 Å². The molecule has 3 unspecified atom stereocenters. The van der Waals surface area contributed by atoms with Crippen molar-refractivity contribution < 1.29 is 42.6 Å². The number of carboxylic acids is 1. The maximum absolute atomic E-state index is 14.9. The van der Waals surface area contributed by atoms with E-state index in [1.54, 1.807) is 30.3 Å². The van der Waals surface area contributed by atoms with Crippen LogP contribution in [0.5, 0.6) is 0 Å². The minimum absolute atomic E-state index is 0.0406. The molecule has 0 radical (unpaired) electrons. The fraction of sp³-hybridized carbons (Fsp3) is 0.283. The Hall–Kier alpha value is -7.77. The molecule has 6 aromatic carbocycles. The molecule has 1 saturated heterocycles. The standard InChI is InChI=1S/C27H25FN2O2.C26H23FN2O4.C5H10O.C2H6/c1-3-14-27(28)15-13-21-17-20(9-12-24(21)25(27)31)19-7-10-22(11-8-19)29-26(32)30-23-6-4-5-18(2)16-23;1-16-3-2-4-21(13-16)29-25(33)28-20-8-5-17(6-9-20)18-7-10-22-19(14-18)11-12-26(27,24(22)32)15-23(30)31;1-5-3-2-4-6-5;1-2/h3-12,16-17H,1,13-15H2,2H3,(H2,29,30,32);2-10,13-14H,11-12,15H2,1H3,(H,30,31)(H2,28,29,33);5H,2-4H2,1H3;1-2H3. The normalized spacial score (nSPS) is 18.3. The number of hydrogen-bond acceptors (Lipinski definition) is 6. The second-order valence-electron chi connectivity index (χ2n) is 18.3. The third kappa shape index (κ3) is 14.7. The van der Waals surface area contributed by atoms with Gasteiger partial charge in [0.2, 0.25) is 11.6 Å². The van der Waals surface area contributed by atoms with E-state index < -0.39 is 35.3 Å². The van der Waals surface area contributed by atoms with E-state index in [0.29, 0.717) is 40.7 Å². The van der Waals surface area contributed by atoms with Crippen molar-refractivity contribution in [3.05, 3.63) is 179 Å². The molecule has 11 nitrogen and oxygen atoms in total. The highest BCUT2D eigenvalue weighted by Gasteiger charge is 2.45. The minimum atomic E-state index is -2.35. The van der Waals surface area contributed by atoms with E-state index in [2.05, 4.69) is 34.8 Å². The maximum Gasteiger partial charge on any atom is 0.323 e. The zero-order valence-electron chi connectivity index (χ0n) is 42.1. The van der Waals surface area contributed by atoms with Gasteiger partial charge in [-0.2, -0.15) is 0 Å². The molecule has 73 heavy (non-hydrogen) atoms. The number of carboxylic acid groups (broad SMARTS) is 1. The predicted molar refractivity (Wildman–Crippen MR) is 287 cm³/mol. The summed E-state index contributed by atoms with van der Waals surface area (Å²) < 4.78 is 34.9. The number of amides is 4. The highest BCUT2D eigenvalue weighted by molar-refractivity contribution is 6.07. The summed E-state index contributed by atoms with van der Waals surface area (Å²) in [4.78, 5) is 60.6. The smallest absolute Gasteiger partial charge is 0.323 e. The van der Waals surface area contributed by atoms with Gasteiger partial charge in [-0.3, -0.25) is 14.4 Å². The Bertz CT molecular complexity index is 2940. The van der Waals surface area contributed by atoms with Crippen molar-refractivity contribution in [3.63, 3.8) is 0 Å². The van der Waals surface area contributed by atoms with Crippen molar-refractivity contribution in [2.75, 3.05) is 27.9 Å². The number of urea groups is 2. The summed E-state index contributed by atoms with van der Waals surface area (Å²) in [5.74, 6) is -2.55. The molecule has 6 aromatic rings. The van der Waals surface area contributed by atoms with Gasteiger partial charge in [-0.15, -0.1) is 6.58 Å². The fourth-order valence-corrected chi connectivity index (χ4v) is 8.87. The summed E-state index contributed by atoms with van der Waals surface area (Å²) in [5, 5.41) is 20.1. The summed E-state index contributed by atoms with van der Waals surface area (Å²) in [5.41, 5.74) is 6.51. The molecular formula is C60H64F2N4O7. The van der Waals surface area contributed by atoms with Gasteiger partial charge in [0, 0.05) is 46.9 Å². The van der Waals surface area contributed by atoms with Crippen molar-refractivity contribution in [1.82, 2.24) is 0 Å². The molecule has 380 valence electrons. The second kappa shape index (κ2) is 25.1. The van der Waals surface area contributed by atoms with Crippen molar-refractivity contribution in [1.29, 1.82) is 0 Å². The van der Waals surface area contributed by atoms with Crippen molar-refractivity contribution in [3.8, 4) is 22.3 Å². The van der Waals surface area contributed by atoms with Crippen LogP contribution in [0.4, 0.5) is 41.1 Å². The van der Waals surface area contributed by atoms with Crippen LogP contribution in [0.25, 0.3) is 22.3 Å². The Morgan fingerprint density at radius 3 is 1.44 bits per heavy atom. The third-order valence-corrected chi connectivity index (χ3v) is 12.7. The number of aliphatic carboxylic acids is 1. The van der Waals surface area contributed by atoms with Gasteiger partial charge >= 0.3 is 18.0 Å². The molecule has 5 N–H and O–H groups in total.